The molecular weight excluding hydrogens is 283 g/mol. The fourth-order valence-electron chi connectivity index (χ4n) is 1.65. The molecule has 0 bridgehead atoms. The molecule has 0 spiro atoms. The van der Waals surface area contributed by atoms with Gasteiger partial charge in [-0.3, -0.25) is 4.79 Å². The zero-order valence-electron chi connectivity index (χ0n) is 10.5. The van der Waals surface area contributed by atoms with Gasteiger partial charge in [-0.1, -0.05) is 0 Å². The van der Waals surface area contributed by atoms with E-state index in [1.54, 1.807) is 6.07 Å². The third-order valence-corrected chi connectivity index (χ3v) is 2.69. The van der Waals surface area contributed by atoms with Crippen LogP contribution in [-0.2, 0) is 0 Å². The summed E-state index contributed by atoms with van der Waals surface area (Å²) >= 11 is 0. The van der Waals surface area contributed by atoms with Crippen LogP contribution in [0.25, 0.3) is 0 Å². The van der Waals surface area contributed by atoms with Crippen LogP contribution in [-0.4, -0.2) is 5.91 Å². The summed E-state index contributed by atoms with van der Waals surface area (Å²) in [5.74, 6) is -4.41. The van der Waals surface area contributed by atoms with Crippen molar-refractivity contribution in [3.8, 4) is 6.07 Å². The number of nitrogen functional groups attached to an aromatic ring is 1. The number of anilines is 2. The quantitative estimate of drug-likeness (QED) is 0.835. The average Bonchev–Trinajstić information content (AvgIpc) is 2.45. The second-order valence-electron chi connectivity index (χ2n) is 4.09. The zero-order chi connectivity index (χ0) is 15.6. The molecule has 4 nitrogen and oxygen atoms in total. The van der Waals surface area contributed by atoms with E-state index in [0.717, 1.165) is 24.3 Å². The van der Waals surface area contributed by atoms with Gasteiger partial charge in [0, 0.05) is 0 Å². The van der Waals surface area contributed by atoms with E-state index in [2.05, 4.69) is 0 Å². The molecule has 7 heteroatoms. The highest BCUT2D eigenvalue weighted by atomic mass is 19.1. The van der Waals surface area contributed by atoms with E-state index in [9.17, 15) is 18.0 Å². The van der Waals surface area contributed by atoms with Gasteiger partial charge in [-0.15, -0.1) is 0 Å². The third-order valence-electron chi connectivity index (χ3n) is 2.69. The van der Waals surface area contributed by atoms with Crippen LogP contribution in [0.15, 0.2) is 30.3 Å². The summed E-state index contributed by atoms with van der Waals surface area (Å²) < 4.78 is 40.8. The number of nitrogens with zero attached hydrogens (tertiary/aromatic N) is 1. The van der Waals surface area contributed by atoms with Crippen molar-refractivity contribution in [2.45, 2.75) is 0 Å². The summed E-state index contributed by atoms with van der Waals surface area (Å²) in [5.41, 5.74) is 3.69. The van der Waals surface area contributed by atoms with Gasteiger partial charge < -0.3 is 11.1 Å². The molecule has 3 N–H and O–H groups in total. The standard InChI is InChI=1S/C14H8F3N3O/c15-8-2-3-10(19)13(17)12(8)14(21)20-11-4-1-7(6-18)5-9(11)16/h1-5H,19H2,(H,20,21). The number of amides is 1. The highest BCUT2D eigenvalue weighted by Gasteiger charge is 2.20. The molecule has 0 unspecified atom stereocenters. The van der Waals surface area contributed by atoms with Gasteiger partial charge in [-0.25, -0.2) is 13.2 Å². The van der Waals surface area contributed by atoms with Crippen LogP contribution in [0.5, 0.6) is 0 Å². The molecule has 0 aliphatic carbocycles. The Morgan fingerprint density at radius 2 is 1.86 bits per heavy atom. The molecule has 2 rings (SSSR count). The first-order valence-corrected chi connectivity index (χ1v) is 5.68. The van der Waals surface area contributed by atoms with E-state index in [1.807, 2.05) is 5.32 Å². The zero-order valence-corrected chi connectivity index (χ0v) is 10.5. The van der Waals surface area contributed by atoms with Gasteiger partial charge in [0.15, 0.2) is 5.82 Å². The van der Waals surface area contributed by atoms with Crippen molar-refractivity contribution in [2.24, 2.45) is 0 Å². The lowest BCUT2D eigenvalue weighted by atomic mass is 10.1. The minimum Gasteiger partial charge on any atom is -0.396 e. The molecule has 106 valence electrons. The van der Waals surface area contributed by atoms with Crippen LogP contribution in [0.1, 0.15) is 15.9 Å². The van der Waals surface area contributed by atoms with E-state index in [-0.39, 0.29) is 11.3 Å². The number of nitrogens with two attached hydrogens (primary N) is 1. The van der Waals surface area contributed by atoms with Crippen LogP contribution >= 0.6 is 0 Å². The number of carbonyl (C=O) groups excluding carboxylic acids is 1. The Labute approximate surface area is 117 Å². The van der Waals surface area contributed by atoms with Crippen LogP contribution < -0.4 is 11.1 Å². The summed E-state index contributed by atoms with van der Waals surface area (Å²) in [6, 6.07) is 6.79. The fraction of sp³-hybridized carbons (Fsp3) is 0. The maximum absolute atomic E-state index is 13.7. The van der Waals surface area contributed by atoms with Gasteiger partial charge in [-0.2, -0.15) is 5.26 Å². The lowest BCUT2D eigenvalue weighted by Gasteiger charge is -2.09. The van der Waals surface area contributed by atoms with Gasteiger partial charge in [0.1, 0.15) is 17.2 Å². The van der Waals surface area contributed by atoms with Gasteiger partial charge in [0.25, 0.3) is 5.91 Å². The predicted molar refractivity (Wildman–Crippen MR) is 69.8 cm³/mol. The fourth-order valence-corrected chi connectivity index (χ4v) is 1.65. The largest absolute Gasteiger partial charge is 0.396 e. The molecule has 0 fully saturated rings. The Bertz CT molecular complexity index is 769. The Hall–Kier alpha value is -3.01. The van der Waals surface area contributed by atoms with Crippen LogP contribution in [0.2, 0.25) is 0 Å². The maximum atomic E-state index is 13.7. The van der Waals surface area contributed by atoms with E-state index in [4.69, 9.17) is 11.0 Å². The minimum absolute atomic E-state index is 0.0480. The Morgan fingerprint density at radius 1 is 1.14 bits per heavy atom. The minimum atomic E-state index is -1.22. The number of halogens is 3. The van der Waals surface area contributed by atoms with Crippen molar-refractivity contribution < 1.29 is 18.0 Å². The average molecular weight is 291 g/mol. The molecule has 0 aliphatic rings. The second-order valence-corrected chi connectivity index (χ2v) is 4.09. The van der Waals surface area contributed by atoms with Crippen molar-refractivity contribution in [2.75, 3.05) is 11.1 Å². The van der Waals surface area contributed by atoms with Crippen LogP contribution in [0.4, 0.5) is 24.5 Å². The summed E-state index contributed by atoms with van der Waals surface area (Å²) in [6.45, 7) is 0. The topological polar surface area (TPSA) is 78.9 Å². The van der Waals surface area contributed by atoms with Crippen LogP contribution in [0.3, 0.4) is 0 Å². The molecule has 0 aromatic heterocycles. The first-order chi connectivity index (χ1) is 9.93. The van der Waals surface area contributed by atoms with E-state index < -0.39 is 34.6 Å². The number of rotatable bonds is 2. The molecule has 0 saturated carbocycles. The van der Waals surface area contributed by atoms with Gasteiger partial charge in [0.05, 0.1) is 23.0 Å². The highest BCUT2D eigenvalue weighted by molar-refractivity contribution is 6.05. The molecule has 1 amide bonds. The highest BCUT2D eigenvalue weighted by Crippen LogP contribution is 2.21. The van der Waals surface area contributed by atoms with Crippen molar-refractivity contribution in [1.82, 2.24) is 0 Å². The van der Waals surface area contributed by atoms with Gasteiger partial charge in [0.2, 0.25) is 0 Å². The number of benzene rings is 2. The van der Waals surface area contributed by atoms with Crippen molar-refractivity contribution >= 4 is 17.3 Å². The number of carbonyl (C=O) groups is 1. The Kier molecular flexibility index (Phi) is 3.80. The summed E-state index contributed by atoms with van der Waals surface area (Å²) in [5, 5.41) is 10.6. The van der Waals surface area contributed by atoms with E-state index in [0.29, 0.717) is 0 Å². The molecule has 0 saturated heterocycles. The summed E-state index contributed by atoms with van der Waals surface area (Å²) in [7, 11) is 0. The Morgan fingerprint density at radius 3 is 2.48 bits per heavy atom. The smallest absolute Gasteiger partial charge is 0.261 e. The number of hydrogen-bond donors (Lipinski definition) is 2. The van der Waals surface area contributed by atoms with Crippen LogP contribution in [0, 0.1) is 28.8 Å². The molecule has 0 heterocycles. The predicted octanol–water partition coefficient (Wildman–Crippen LogP) is 2.81. The molecule has 0 atom stereocenters. The molecule has 0 radical (unpaired) electrons. The van der Waals surface area contributed by atoms with E-state index in [1.165, 1.54) is 6.07 Å². The second kappa shape index (κ2) is 5.54. The van der Waals surface area contributed by atoms with Gasteiger partial charge >= 0.3 is 0 Å². The Balaban J connectivity index is 2.35. The molecule has 0 aliphatic heterocycles. The van der Waals surface area contributed by atoms with Crippen molar-refractivity contribution in [1.29, 1.82) is 5.26 Å². The van der Waals surface area contributed by atoms with Crippen molar-refractivity contribution in [3.05, 3.63) is 58.9 Å². The molecule has 2 aromatic rings. The maximum Gasteiger partial charge on any atom is 0.261 e. The number of hydrogen-bond acceptors (Lipinski definition) is 3. The number of nitriles is 1. The number of nitrogens with one attached hydrogen (secondary N) is 1. The lowest BCUT2D eigenvalue weighted by Crippen LogP contribution is -2.17. The molecule has 21 heavy (non-hydrogen) atoms. The molecular formula is C14H8F3N3O. The van der Waals surface area contributed by atoms with Gasteiger partial charge in [-0.05, 0) is 30.3 Å². The third kappa shape index (κ3) is 2.79. The molecule has 2 aromatic carbocycles. The first kappa shape index (κ1) is 14.4. The normalized spacial score (nSPS) is 10.0. The SMILES string of the molecule is N#Cc1ccc(NC(=O)c2c(F)ccc(N)c2F)c(F)c1. The van der Waals surface area contributed by atoms with Crippen molar-refractivity contribution in [3.63, 3.8) is 0 Å². The van der Waals surface area contributed by atoms with E-state index >= 15 is 0 Å². The summed E-state index contributed by atoms with van der Waals surface area (Å²) in [4.78, 5) is 11.8. The lowest BCUT2D eigenvalue weighted by molar-refractivity contribution is 0.101. The summed E-state index contributed by atoms with van der Waals surface area (Å²) in [6.07, 6.45) is 0. The monoisotopic (exact) mass is 291 g/mol. The first-order valence-electron chi connectivity index (χ1n) is 5.68.